The second kappa shape index (κ2) is 3.11. The fourth-order valence-corrected chi connectivity index (χ4v) is 0. The molecule has 0 heterocycles. The van der Waals surface area contributed by atoms with Gasteiger partial charge in [-0.15, -0.1) is 8.39 Å². The Bertz CT molecular complexity index is 213. The van der Waals surface area contributed by atoms with Gasteiger partial charge in [-0.3, -0.25) is 0 Å². The van der Waals surface area contributed by atoms with Gasteiger partial charge in [0.1, 0.15) is 0 Å². The van der Waals surface area contributed by atoms with Gasteiger partial charge in [0.15, 0.2) is 0 Å². The summed E-state index contributed by atoms with van der Waals surface area (Å²) < 4.78 is 59.4. The van der Waals surface area contributed by atoms with Crippen LogP contribution in [0.4, 0.5) is 12.3 Å². The Balaban J connectivity index is 0. The molecule has 0 amide bonds. The summed E-state index contributed by atoms with van der Waals surface area (Å²) in [5, 5.41) is 0. The van der Waals surface area contributed by atoms with Crippen LogP contribution in [0.5, 0.6) is 0 Å². The van der Waals surface area contributed by atoms with E-state index >= 15 is 0 Å². The molecule has 9 heteroatoms. The van der Waals surface area contributed by atoms with Crippen molar-refractivity contribution in [3.05, 3.63) is 0 Å². The molecule has 0 aliphatic rings. The van der Waals surface area contributed by atoms with Crippen molar-refractivity contribution in [2.75, 3.05) is 0 Å². The van der Waals surface area contributed by atoms with E-state index in [-0.39, 0.29) is 18.9 Å². The summed E-state index contributed by atoms with van der Waals surface area (Å²) in [6.07, 6.45) is 0. The first-order chi connectivity index (χ1) is 3.25. The molecule has 9 heavy (non-hydrogen) atoms. The zero-order valence-corrected chi connectivity index (χ0v) is 4.93. The van der Waals surface area contributed by atoms with Gasteiger partial charge in [-0.1, -0.05) is 3.89 Å². The third-order valence-electron chi connectivity index (χ3n) is 0.254. The first-order valence-corrected chi connectivity index (χ1v) is 4.67. The molecule has 0 atom stereocenters. The van der Waals surface area contributed by atoms with Crippen LogP contribution in [0, 0.1) is 0 Å². The third-order valence-corrected chi connectivity index (χ3v) is 2.28. The average Bonchev–Trinajstić information content (AvgIpc) is 1.25. The quantitative estimate of drug-likeness (QED) is 0.335. The SMILES string of the molecule is O=P(F)(F)S(=O)(=O)F.[LiH]. The Kier molecular flexibility index (Phi) is 4.23. The third kappa shape index (κ3) is 4.04. The van der Waals surface area contributed by atoms with Crippen molar-refractivity contribution in [1.82, 2.24) is 0 Å². The first kappa shape index (κ1) is 12.3. The molecule has 0 aromatic heterocycles. The molecule has 0 saturated heterocycles. The number of halogens is 3. The molecule has 0 rings (SSSR count). The molecule has 0 aromatic rings. The fraction of sp³-hybridized carbons (Fsp3) is 0. The van der Waals surface area contributed by atoms with E-state index < -0.39 is 16.8 Å². The Labute approximate surface area is 61.4 Å². The van der Waals surface area contributed by atoms with Crippen molar-refractivity contribution in [2.45, 2.75) is 0 Å². The molecule has 0 aliphatic carbocycles. The van der Waals surface area contributed by atoms with Crippen LogP contribution in [-0.4, -0.2) is 27.3 Å². The van der Waals surface area contributed by atoms with Crippen LogP contribution in [0.15, 0.2) is 0 Å². The van der Waals surface area contributed by atoms with Crippen LogP contribution in [-0.2, 0) is 14.4 Å². The molecule has 0 aromatic carbocycles. The van der Waals surface area contributed by atoms with E-state index in [1.165, 1.54) is 0 Å². The first-order valence-electron chi connectivity index (χ1n) is 1.19. The Morgan fingerprint density at radius 1 is 1.22 bits per heavy atom. The van der Waals surface area contributed by atoms with Crippen LogP contribution in [0.1, 0.15) is 0 Å². The van der Waals surface area contributed by atoms with Crippen molar-refractivity contribution < 1.29 is 25.3 Å². The Morgan fingerprint density at radius 3 is 1.33 bits per heavy atom. The van der Waals surface area contributed by atoms with Gasteiger partial charge in [0, 0.05) is 0 Å². The Morgan fingerprint density at radius 2 is 1.33 bits per heavy atom. The van der Waals surface area contributed by atoms with Gasteiger partial charge < -0.3 is 0 Å². The summed E-state index contributed by atoms with van der Waals surface area (Å²) in [5.74, 6) is 0. The van der Waals surface area contributed by atoms with Gasteiger partial charge in [-0.25, -0.2) is 4.57 Å². The van der Waals surface area contributed by atoms with E-state index in [4.69, 9.17) is 13.0 Å². The van der Waals surface area contributed by atoms with Crippen LogP contribution in [0.2, 0.25) is 0 Å². The van der Waals surface area contributed by atoms with Gasteiger partial charge in [0.25, 0.3) is 0 Å². The van der Waals surface area contributed by atoms with Crippen LogP contribution in [0.25, 0.3) is 0 Å². The molecule has 0 fully saturated rings. The molecule has 3 nitrogen and oxygen atoms in total. The van der Waals surface area contributed by atoms with Crippen molar-refractivity contribution in [1.29, 1.82) is 0 Å². The van der Waals surface area contributed by atoms with Crippen LogP contribution >= 0.6 is 6.97 Å². The summed E-state index contributed by atoms with van der Waals surface area (Å²) >= 11 is 0. The molecule has 0 saturated carbocycles. The van der Waals surface area contributed by atoms with E-state index in [9.17, 15) is 12.3 Å². The molecule has 0 bridgehead atoms. The summed E-state index contributed by atoms with van der Waals surface area (Å²) in [4.78, 5) is 0. The van der Waals surface area contributed by atoms with Crippen molar-refractivity contribution in [2.24, 2.45) is 0 Å². The summed E-state index contributed by atoms with van der Waals surface area (Å²) in [6.45, 7) is -6.54. The second-order valence-corrected chi connectivity index (χ2v) is 5.06. The van der Waals surface area contributed by atoms with E-state index in [0.717, 1.165) is 0 Å². The summed E-state index contributed by atoms with van der Waals surface area (Å²) in [7, 11) is -6.12. The predicted molar refractivity (Wildman–Crippen MR) is 27.0 cm³/mol. The normalized spacial score (nSPS) is 12.3. The van der Waals surface area contributed by atoms with Gasteiger partial charge in [-0.05, 0) is 0 Å². The van der Waals surface area contributed by atoms with E-state index in [2.05, 4.69) is 0 Å². The van der Waals surface area contributed by atoms with E-state index in [1.54, 1.807) is 0 Å². The molecule has 0 unspecified atom stereocenters. The fourth-order valence-electron chi connectivity index (χ4n) is 0. The Hall–Kier alpha value is 0.567. The second-order valence-electron chi connectivity index (χ2n) is 0.827. The maximum atomic E-state index is 10.9. The van der Waals surface area contributed by atoms with Crippen molar-refractivity contribution in [3.8, 4) is 0 Å². The van der Waals surface area contributed by atoms with Gasteiger partial charge >= 0.3 is 35.7 Å². The zero-order chi connectivity index (χ0) is 7.00. The van der Waals surface area contributed by atoms with Gasteiger partial charge in [0.05, 0.1) is 0 Å². The average molecular weight is 176 g/mol. The minimum atomic E-state index is -6.54. The molecule has 52 valence electrons. The van der Waals surface area contributed by atoms with Crippen molar-refractivity contribution in [3.63, 3.8) is 0 Å². The van der Waals surface area contributed by atoms with Crippen LogP contribution < -0.4 is 0 Å². The van der Waals surface area contributed by atoms with Gasteiger partial charge in [0.2, 0.25) is 0 Å². The molecule has 0 radical (unpaired) electrons. The van der Waals surface area contributed by atoms with E-state index in [1.807, 2.05) is 0 Å². The van der Waals surface area contributed by atoms with Gasteiger partial charge in [-0.2, -0.15) is 8.42 Å². The number of hydrogen-bond acceptors (Lipinski definition) is 3. The van der Waals surface area contributed by atoms with E-state index in [0.29, 0.717) is 0 Å². The minimum absolute atomic E-state index is 0. The topological polar surface area (TPSA) is 51.2 Å². The molecular formula is HF3LiO3PS. The monoisotopic (exact) mass is 176 g/mol. The molecule has 0 spiro atoms. The predicted octanol–water partition coefficient (Wildman–Crippen LogP) is 0.684. The molecule has 0 N–H and O–H groups in total. The standard InChI is InChI=1S/F3O3PS.Li.H/c1-7(2,4)8(3,5)6;;. The molecule has 0 aliphatic heterocycles. The number of hydrogen-bond donors (Lipinski definition) is 0. The van der Waals surface area contributed by atoms with Crippen LogP contribution in [0.3, 0.4) is 0 Å². The zero-order valence-electron chi connectivity index (χ0n) is 3.21. The summed E-state index contributed by atoms with van der Waals surface area (Å²) in [5.41, 5.74) is 0. The number of rotatable bonds is 1. The summed E-state index contributed by atoms with van der Waals surface area (Å²) in [6, 6.07) is 0. The molecular weight excluding hydrogens is 175 g/mol. The maximum absolute atomic E-state index is 10.9. The van der Waals surface area contributed by atoms with Crippen molar-refractivity contribution >= 4 is 35.7 Å².